The zero-order valence-corrected chi connectivity index (χ0v) is 11.7. The molecular weight excluding hydrogens is 278 g/mol. The normalized spacial score (nSPS) is 17.7. The van der Waals surface area contributed by atoms with Gasteiger partial charge in [0.2, 0.25) is 5.91 Å². The first-order valence-electron chi connectivity index (χ1n) is 6.32. The van der Waals surface area contributed by atoms with Gasteiger partial charge in [-0.15, -0.1) is 0 Å². The van der Waals surface area contributed by atoms with Gasteiger partial charge >= 0.3 is 5.97 Å². The number of hydrogen-bond acceptors (Lipinski definition) is 6. The fraction of sp³-hybridized carbons (Fsp3) is 0.385. The van der Waals surface area contributed by atoms with Gasteiger partial charge in [0.1, 0.15) is 11.6 Å². The third-order valence-electron chi connectivity index (χ3n) is 3.37. The quantitative estimate of drug-likeness (QED) is 0.505. The average Bonchev–Trinajstić information content (AvgIpc) is 2.78. The molecule has 1 aliphatic rings. The number of rotatable bonds is 4. The number of nitro benzene ring substituents is 1. The lowest BCUT2D eigenvalue weighted by molar-refractivity contribution is -0.385. The fourth-order valence-corrected chi connectivity index (χ4v) is 2.22. The number of ether oxygens (including phenoxy) is 1. The monoisotopic (exact) mass is 293 g/mol. The van der Waals surface area contributed by atoms with Crippen molar-refractivity contribution in [2.24, 2.45) is 0 Å². The minimum atomic E-state index is -0.791. The Morgan fingerprint density at radius 3 is 2.76 bits per heavy atom. The van der Waals surface area contributed by atoms with E-state index in [1.165, 1.54) is 18.2 Å². The number of hydrogen-bond donors (Lipinski definition) is 1. The summed E-state index contributed by atoms with van der Waals surface area (Å²) in [4.78, 5) is 35.3. The summed E-state index contributed by atoms with van der Waals surface area (Å²) in [6, 6.07) is 3.63. The predicted molar refractivity (Wildman–Crippen MR) is 74.1 cm³/mol. The lowest BCUT2D eigenvalue weighted by Gasteiger charge is -2.14. The second-order valence-electron chi connectivity index (χ2n) is 4.73. The van der Waals surface area contributed by atoms with E-state index in [-0.39, 0.29) is 23.2 Å². The number of methoxy groups -OCH3 is 1. The van der Waals surface area contributed by atoms with Crippen LogP contribution in [0.3, 0.4) is 0 Å². The Hall–Kier alpha value is -2.64. The molecule has 112 valence electrons. The van der Waals surface area contributed by atoms with Crippen molar-refractivity contribution < 1.29 is 19.2 Å². The molecule has 1 unspecified atom stereocenters. The van der Waals surface area contributed by atoms with Crippen LogP contribution < -0.4 is 5.32 Å². The molecule has 0 saturated carbocycles. The summed E-state index contributed by atoms with van der Waals surface area (Å²) >= 11 is 0. The molecule has 1 heterocycles. The number of nitrogens with zero attached hydrogens (tertiary/aromatic N) is 2. The van der Waals surface area contributed by atoms with Gasteiger partial charge in [0.25, 0.3) is 5.69 Å². The minimum Gasteiger partial charge on any atom is -0.465 e. The van der Waals surface area contributed by atoms with Crippen LogP contribution in [0.2, 0.25) is 0 Å². The number of carbonyl (C=O) groups is 2. The van der Waals surface area contributed by atoms with Crippen LogP contribution in [-0.2, 0) is 9.53 Å². The van der Waals surface area contributed by atoms with E-state index in [9.17, 15) is 19.7 Å². The molecule has 1 fully saturated rings. The fourth-order valence-electron chi connectivity index (χ4n) is 2.22. The van der Waals surface area contributed by atoms with Gasteiger partial charge in [-0.05, 0) is 18.6 Å². The summed E-state index contributed by atoms with van der Waals surface area (Å²) in [5.41, 5.74) is -0.0109. The smallest absolute Gasteiger partial charge is 0.344 e. The van der Waals surface area contributed by atoms with Crippen molar-refractivity contribution in [1.29, 1.82) is 0 Å². The molecule has 1 aromatic rings. The van der Waals surface area contributed by atoms with E-state index < -0.39 is 10.9 Å². The lowest BCUT2D eigenvalue weighted by Crippen LogP contribution is -2.31. The zero-order chi connectivity index (χ0) is 15.6. The van der Waals surface area contributed by atoms with E-state index in [2.05, 4.69) is 10.1 Å². The van der Waals surface area contributed by atoms with Crippen molar-refractivity contribution in [3.05, 3.63) is 33.9 Å². The lowest BCUT2D eigenvalue weighted by atomic mass is 10.1. The van der Waals surface area contributed by atoms with Gasteiger partial charge in [0.15, 0.2) is 0 Å². The zero-order valence-electron chi connectivity index (χ0n) is 11.7. The molecule has 1 saturated heterocycles. The van der Waals surface area contributed by atoms with Crippen LogP contribution in [0.25, 0.3) is 0 Å². The Kier molecular flexibility index (Phi) is 4.06. The Labute approximate surface area is 120 Å². The van der Waals surface area contributed by atoms with E-state index in [0.717, 1.165) is 7.11 Å². The number of benzene rings is 1. The predicted octanol–water partition coefficient (Wildman–Crippen LogP) is 1.02. The maximum absolute atomic E-state index is 11.8. The highest BCUT2D eigenvalue weighted by Crippen LogP contribution is 2.25. The minimum absolute atomic E-state index is 0.0482. The Morgan fingerprint density at radius 2 is 2.24 bits per heavy atom. The molecule has 1 aliphatic heterocycles. The number of carbonyl (C=O) groups excluding carboxylic acids is 2. The van der Waals surface area contributed by atoms with Crippen LogP contribution in [0, 0.1) is 10.1 Å². The maximum Gasteiger partial charge on any atom is 0.344 e. The van der Waals surface area contributed by atoms with Gasteiger partial charge in [0.05, 0.1) is 12.0 Å². The summed E-state index contributed by atoms with van der Waals surface area (Å²) < 4.78 is 4.54. The van der Waals surface area contributed by atoms with Gasteiger partial charge in [-0.3, -0.25) is 14.9 Å². The van der Waals surface area contributed by atoms with Crippen LogP contribution in [0.5, 0.6) is 0 Å². The topological polar surface area (TPSA) is 102 Å². The molecule has 8 heteroatoms. The Balaban J connectivity index is 2.27. The molecule has 1 amide bonds. The largest absolute Gasteiger partial charge is 0.465 e. The molecule has 8 nitrogen and oxygen atoms in total. The molecule has 0 aromatic heterocycles. The highest BCUT2D eigenvalue weighted by Gasteiger charge is 2.29. The highest BCUT2D eigenvalue weighted by molar-refractivity contribution is 5.95. The first-order chi connectivity index (χ1) is 9.93. The number of nitro groups is 1. The number of esters is 1. The SMILES string of the molecule is COC(=O)c1cc(NC2CCN(C)C2=O)ccc1[N+](=O)[O-]. The third kappa shape index (κ3) is 2.93. The molecule has 0 spiro atoms. The van der Waals surface area contributed by atoms with Crippen molar-refractivity contribution in [2.75, 3.05) is 26.0 Å². The third-order valence-corrected chi connectivity index (χ3v) is 3.37. The van der Waals surface area contributed by atoms with E-state index in [1.807, 2.05) is 0 Å². The second-order valence-corrected chi connectivity index (χ2v) is 4.73. The van der Waals surface area contributed by atoms with E-state index in [4.69, 9.17) is 0 Å². The maximum atomic E-state index is 11.8. The van der Waals surface area contributed by atoms with E-state index in [1.54, 1.807) is 11.9 Å². The van der Waals surface area contributed by atoms with Crippen molar-refractivity contribution >= 4 is 23.3 Å². The first-order valence-corrected chi connectivity index (χ1v) is 6.32. The van der Waals surface area contributed by atoms with Gasteiger partial charge in [-0.1, -0.05) is 0 Å². The van der Waals surface area contributed by atoms with Crippen molar-refractivity contribution in [3.63, 3.8) is 0 Å². The molecule has 0 radical (unpaired) electrons. The van der Waals surface area contributed by atoms with Gasteiger partial charge in [-0.2, -0.15) is 0 Å². The number of amides is 1. The van der Waals surface area contributed by atoms with Crippen molar-refractivity contribution in [2.45, 2.75) is 12.5 Å². The number of likely N-dealkylation sites (tertiary alicyclic amines) is 1. The summed E-state index contributed by atoms with van der Waals surface area (Å²) in [5, 5.41) is 13.9. The molecule has 1 aromatic carbocycles. The molecule has 0 aliphatic carbocycles. The Morgan fingerprint density at radius 1 is 1.52 bits per heavy atom. The average molecular weight is 293 g/mol. The van der Waals surface area contributed by atoms with Gasteiger partial charge in [-0.25, -0.2) is 4.79 Å². The summed E-state index contributed by atoms with van der Waals surface area (Å²) in [6.45, 7) is 0.646. The molecule has 0 bridgehead atoms. The molecule has 1 atom stereocenters. The summed E-state index contributed by atoms with van der Waals surface area (Å²) in [6.07, 6.45) is 0.639. The number of nitrogens with one attached hydrogen (secondary N) is 1. The van der Waals surface area contributed by atoms with Crippen LogP contribution in [0.1, 0.15) is 16.8 Å². The molecule has 21 heavy (non-hydrogen) atoms. The highest BCUT2D eigenvalue weighted by atomic mass is 16.6. The van der Waals surface area contributed by atoms with E-state index >= 15 is 0 Å². The number of likely N-dealkylation sites (N-methyl/N-ethyl adjacent to an activating group) is 1. The van der Waals surface area contributed by atoms with Gasteiger partial charge in [0, 0.05) is 25.3 Å². The van der Waals surface area contributed by atoms with Gasteiger partial charge < -0.3 is 15.0 Å². The first kappa shape index (κ1) is 14.8. The Bertz CT molecular complexity index is 601. The molecular formula is C13H15N3O5. The van der Waals surface area contributed by atoms with Crippen LogP contribution in [-0.4, -0.2) is 48.4 Å². The van der Waals surface area contributed by atoms with E-state index in [0.29, 0.717) is 18.7 Å². The molecule has 2 rings (SSSR count). The van der Waals surface area contributed by atoms with Crippen molar-refractivity contribution in [1.82, 2.24) is 4.90 Å². The standard InChI is InChI=1S/C13H15N3O5/c1-15-6-5-10(12(15)17)14-8-3-4-11(16(19)20)9(7-8)13(18)21-2/h3-4,7,10,14H,5-6H2,1-2H3. The number of anilines is 1. The van der Waals surface area contributed by atoms with Crippen LogP contribution in [0.4, 0.5) is 11.4 Å². The summed E-state index contributed by atoms with van der Waals surface area (Å²) in [5.74, 6) is -0.840. The van der Waals surface area contributed by atoms with Crippen molar-refractivity contribution in [3.8, 4) is 0 Å². The second kappa shape index (κ2) is 5.78. The van der Waals surface area contributed by atoms with Crippen LogP contribution >= 0.6 is 0 Å². The molecule has 1 N–H and O–H groups in total. The van der Waals surface area contributed by atoms with Crippen LogP contribution in [0.15, 0.2) is 18.2 Å². The summed E-state index contributed by atoms with van der Waals surface area (Å²) in [7, 11) is 2.86.